The summed E-state index contributed by atoms with van der Waals surface area (Å²) >= 11 is 5.97. The Morgan fingerprint density at radius 2 is 2.05 bits per heavy atom. The average Bonchev–Trinajstić information content (AvgIpc) is 2.39. The quantitative estimate of drug-likeness (QED) is 0.367. The minimum atomic E-state index is -0.596. The largest absolute Gasteiger partial charge is 0.462 e. The Bertz CT molecular complexity index is 597. The monoisotopic (exact) mass is 291 g/mol. The number of esters is 1. The Balaban J connectivity index is 3.40. The van der Waals surface area contributed by atoms with Crippen LogP contribution in [0.1, 0.15) is 34.7 Å². The van der Waals surface area contributed by atoms with Crippen LogP contribution in [0.3, 0.4) is 0 Å². The van der Waals surface area contributed by atoms with Gasteiger partial charge in [-0.05, 0) is 61.6 Å². The molecule has 106 valence electrons. The van der Waals surface area contributed by atoms with E-state index >= 15 is 0 Å². The van der Waals surface area contributed by atoms with Gasteiger partial charge in [0, 0.05) is 5.88 Å². The molecule has 0 aliphatic heterocycles. The standard InChI is InChI=1S/C16H18ClNO2/c1-5-20-16(19)13(9-18)7-14-10(2)6-11(3)15(8-17)12(14)4/h6-7H,5,8H2,1-4H3. The molecule has 0 atom stereocenters. The van der Waals surface area contributed by atoms with Crippen molar-refractivity contribution in [2.75, 3.05) is 6.61 Å². The van der Waals surface area contributed by atoms with Gasteiger partial charge in [-0.3, -0.25) is 0 Å². The normalized spacial score (nSPS) is 11.1. The highest BCUT2D eigenvalue weighted by atomic mass is 35.5. The van der Waals surface area contributed by atoms with Crippen molar-refractivity contribution in [1.29, 1.82) is 5.26 Å². The van der Waals surface area contributed by atoms with E-state index in [1.807, 2.05) is 32.9 Å². The van der Waals surface area contributed by atoms with Crippen LogP contribution in [0.2, 0.25) is 0 Å². The predicted octanol–water partition coefficient (Wildman–Crippen LogP) is 3.82. The second kappa shape index (κ2) is 7.12. The molecule has 4 heteroatoms. The van der Waals surface area contributed by atoms with Crippen LogP contribution in [-0.4, -0.2) is 12.6 Å². The van der Waals surface area contributed by atoms with Crippen molar-refractivity contribution >= 4 is 23.6 Å². The molecule has 3 nitrogen and oxygen atoms in total. The second-order valence-electron chi connectivity index (χ2n) is 4.55. The van der Waals surface area contributed by atoms with E-state index < -0.39 is 5.97 Å². The molecule has 1 aromatic rings. The van der Waals surface area contributed by atoms with Gasteiger partial charge in [-0.1, -0.05) is 6.07 Å². The van der Waals surface area contributed by atoms with Crippen LogP contribution in [-0.2, 0) is 15.4 Å². The molecule has 1 rings (SSSR count). The molecular weight excluding hydrogens is 274 g/mol. The number of hydrogen-bond acceptors (Lipinski definition) is 3. The number of benzene rings is 1. The lowest BCUT2D eigenvalue weighted by molar-refractivity contribution is -0.137. The van der Waals surface area contributed by atoms with E-state index in [9.17, 15) is 4.79 Å². The zero-order chi connectivity index (χ0) is 15.3. The molecule has 0 heterocycles. The Labute approximate surface area is 124 Å². The third-order valence-electron chi connectivity index (χ3n) is 3.23. The number of hydrogen-bond donors (Lipinski definition) is 0. The molecule has 1 aromatic carbocycles. The number of aryl methyl sites for hydroxylation is 2. The van der Waals surface area contributed by atoms with Gasteiger partial charge in [-0.15, -0.1) is 11.6 Å². The van der Waals surface area contributed by atoms with Crippen molar-refractivity contribution in [2.24, 2.45) is 0 Å². The lowest BCUT2D eigenvalue weighted by atomic mass is 9.93. The SMILES string of the molecule is CCOC(=O)C(C#N)=Cc1c(C)cc(C)c(CCl)c1C. The number of ether oxygens (including phenoxy) is 1. The lowest BCUT2D eigenvalue weighted by Crippen LogP contribution is -2.07. The average molecular weight is 292 g/mol. The number of carbonyl (C=O) groups excluding carboxylic acids is 1. The van der Waals surface area contributed by atoms with Crippen LogP contribution < -0.4 is 0 Å². The van der Waals surface area contributed by atoms with E-state index in [1.54, 1.807) is 13.0 Å². The molecule has 0 fully saturated rings. The van der Waals surface area contributed by atoms with Crippen LogP contribution in [0.15, 0.2) is 11.6 Å². The van der Waals surface area contributed by atoms with Gasteiger partial charge < -0.3 is 4.74 Å². The fraction of sp³-hybridized carbons (Fsp3) is 0.375. The van der Waals surface area contributed by atoms with Gasteiger partial charge in [-0.2, -0.15) is 5.26 Å². The summed E-state index contributed by atoms with van der Waals surface area (Å²) < 4.78 is 4.87. The van der Waals surface area contributed by atoms with E-state index in [4.69, 9.17) is 21.6 Å². The third-order valence-corrected chi connectivity index (χ3v) is 3.50. The molecule has 0 amide bonds. The van der Waals surface area contributed by atoms with Crippen molar-refractivity contribution in [3.63, 3.8) is 0 Å². The van der Waals surface area contributed by atoms with Crippen LogP contribution in [0.25, 0.3) is 6.08 Å². The zero-order valence-corrected chi connectivity index (χ0v) is 13.0. The fourth-order valence-corrected chi connectivity index (χ4v) is 2.57. The number of alkyl halides is 1. The molecule has 0 saturated carbocycles. The lowest BCUT2D eigenvalue weighted by Gasteiger charge is -2.13. The summed E-state index contributed by atoms with van der Waals surface area (Å²) in [5, 5.41) is 9.10. The summed E-state index contributed by atoms with van der Waals surface area (Å²) in [6.07, 6.45) is 1.58. The van der Waals surface area contributed by atoms with Crippen molar-refractivity contribution in [2.45, 2.75) is 33.6 Å². The summed E-state index contributed by atoms with van der Waals surface area (Å²) in [5.74, 6) is -0.193. The number of halogens is 1. The van der Waals surface area contributed by atoms with Crippen LogP contribution in [0.5, 0.6) is 0 Å². The molecule has 0 spiro atoms. The highest BCUT2D eigenvalue weighted by Gasteiger charge is 2.14. The minimum absolute atomic E-state index is 0.00225. The Morgan fingerprint density at radius 1 is 1.40 bits per heavy atom. The first-order chi connectivity index (χ1) is 9.46. The van der Waals surface area contributed by atoms with E-state index in [-0.39, 0.29) is 12.2 Å². The minimum Gasteiger partial charge on any atom is -0.462 e. The van der Waals surface area contributed by atoms with Gasteiger partial charge in [0.2, 0.25) is 0 Å². The fourth-order valence-electron chi connectivity index (χ4n) is 2.16. The van der Waals surface area contributed by atoms with Gasteiger partial charge in [-0.25, -0.2) is 4.79 Å². The van der Waals surface area contributed by atoms with E-state index in [1.165, 1.54) is 0 Å². The van der Waals surface area contributed by atoms with Crippen LogP contribution >= 0.6 is 11.6 Å². The highest BCUT2D eigenvalue weighted by Crippen LogP contribution is 2.26. The topological polar surface area (TPSA) is 50.1 Å². The summed E-state index contributed by atoms with van der Waals surface area (Å²) in [6, 6.07) is 3.91. The number of nitriles is 1. The second-order valence-corrected chi connectivity index (χ2v) is 4.82. The summed E-state index contributed by atoms with van der Waals surface area (Å²) in [5.41, 5.74) is 5.00. The molecule has 0 bridgehead atoms. The number of nitrogens with zero attached hydrogens (tertiary/aromatic N) is 1. The molecule has 0 aromatic heterocycles. The Morgan fingerprint density at radius 3 is 2.55 bits per heavy atom. The molecule has 0 aliphatic rings. The van der Waals surface area contributed by atoms with Crippen LogP contribution in [0, 0.1) is 32.1 Å². The number of carbonyl (C=O) groups is 1. The van der Waals surface area contributed by atoms with Crippen molar-refractivity contribution in [1.82, 2.24) is 0 Å². The van der Waals surface area contributed by atoms with Gasteiger partial charge in [0.1, 0.15) is 11.6 Å². The van der Waals surface area contributed by atoms with Crippen molar-refractivity contribution in [3.05, 3.63) is 39.5 Å². The number of rotatable bonds is 4. The van der Waals surface area contributed by atoms with Crippen molar-refractivity contribution in [3.8, 4) is 6.07 Å². The predicted molar refractivity (Wildman–Crippen MR) is 80.4 cm³/mol. The maximum Gasteiger partial charge on any atom is 0.348 e. The first-order valence-electron chi connectivity index (χ1n) is 6.40. The van der Waals surface area contributed by atoms with Gasteiger partial charge >= 0.3 is 5.97 Å². The van der Waals surface area contributed by atoms with Gasteiger partial charge in [0.15, 0.2) is 0 Å². The van der Waals surface area contributed by atoms with Crippen molar-refractivity contribution < 1.29 is 9.53 Å². The Kier molecular flexibility index (Phi) is 5.79. The molecule has 0 saturated heterocycles. The van der Waals surface area contributed by atoms with Gasteiger partial charge in [0.25, 0.3) is 0 Å². The highest BCUT2D eigenvalue weighted by molar-refractivity contribution is 6.17. The maximum atomic E-state index is 11.7. The summed E-state index contributed by atoms with van der Waals surface area (Å²) in [4.78, 5) is 11.7. The molecule has 0 N–H and O–H groups in total. The molecule has 0 radical (unpaired) electrons. The molecule has 0 aliphatic carbocycles. The molecule has 0 unspecified atom stereocenters. The van der Waals surface area contributed by atoms with Crippen LogP contribution in [0.4, 0.5) is 0 Å². The maximum absolute atomic E-state index is 11.7. The summed E-state index contributed by atoms with van der Waals surface area (Å²) in [7, 11) is 0. The van der Waals surface area contributed by atoms with E-state index in [0.717, 1.165) is 27.8 Å². The van der Waals surface area contributed by atoms with E-state index in [2.05, 4.69) is 0 Å². The first kappa shape index (κ1) is 16.3. The third kappa shape index (κ3) is 3.40. The molecule has 20 heavy (non-hydrogen) atoms. The Hall–Kier alpha value is -1.79. The smallest absolute Gasteiger partial charge is 0.348 e. The van der Waals surface area contributed by atoms with E-state index in [0.29, 0.717) is 5.88 Å². The summed E-state index contributed by atoms with van der Waals surface area (Å²) in [6.45, 7) is 7.85. The molecular formula is C16H18ClNO2. The first-order valence-corrected chi connectivity index (χ1v) is 6.94. The zero-order valence-electron chi connectivity index (χ0n) is 12.2. The van der Waals surface area contributed by atoms with Gasteiger partial charge in [0.05, 0.1) is 6.61 Å².